The molecule has 0 radical (unpaired) electrons. The highest BCUT2D eigenvalue weighted by atomic mass is 16.2. The van der Waals surface area contributed by atoms with E-state index in [0.717, 1.165) is 23.1 Å². The molecule has 1 atom stereocenters. The van der Waals surface area contributed by atoms with Crippen LogP contribution in [0, 0.1) is 6.92 Å². The molecule has 156 valence electrons. The molecule has 0 heterocycles. The molecule has 2 aromatic rings. The van der Waals surface area contributed by atoms with Gasteiger partial charge in [-0.25, -0.2) is 0 Å². The Labute approximate surface area is 175 Å². The molecule has 0 aliphatic heterocycles. The molecule has 2 aromatic carbocycles. The van der Waals surface area contributed by atoms with E-state index in [0.29, 0.717) is 19.4 Å². The summed E-state index contributed by atoms with van der Waals surface area (Å²) in [6.07, 6.45) is 1.67. The van der Waals surface area contributed by atoms with E-state index in [4.69, 9.17) is 0 Å². The first-order chi connectivity index (χ1) is 13.7. The number of hydrogen-bond donors (Lipinski definition) is 1. The van der Waals surface area contributed by atoms with Crippen molar-refractivity contribution in [3.63, 3.8) is 0 Å². The monoisotopic (exact) mass is 394 g/mol. The number of amides is 2. The minimum Gasteiger partial charge on any atom is -0.350 e. The van der Waals surface area contributed by atoms with Crippen LogP contribution in [-0.2, 0) is 22.6 Å². The Morgan fingerprint density at radius 3 is 2.21 bits per heavy atom. The van der Waals surface area contributed by atoms with Crippen molar-refractivity contribution in [1.82, 2.24) is 10.2 Å². The van der Waals surface area contributed by atoms with Crippen molar-refractivity contribution >= 4 is 11.8 Å². The van der Waals surface area contributed by atoms with Crippen LogP contribution >= 0.6 is 0 Å². The Kier molecular flexibility index (Phi) is 8.00. The topological polar surface area (TPSA) is 49.4 Å². The van der Waals surface area contributed by atoms with Crippen molar-refractivity contribution < 1.29 is 9.59 Å². The van der Waals surface area contributed by atoms with E-state index in [2.05, 4.69) is 5.32 Å². The van der Waals surface area contributed by atoms with Crippen LogP contribution in [0.25, 0.3) is 0 Å². The van der Waals surface area contributed by atoms with Crippen molar-refractivity contribution in [2.45, 2.75) is 72.0 Å². The standard InChI is InChI=1S/C25H34N2O2/c1-6-12-23(28)27(18-21-16-11-10-13-19(21)2)22(24(29)26-25(3,4)5)17-20-14-8-7-9-15-20/h7-11,13-16,22H,6,12,17-18H2,1-5H3,(H,26,29)/t22-/m0/s1. The van der Waals surface area contributed by atoms with Crippen molar-refractivity contribution in [3.05, 3.63) is 71.3 Å². The highest BCUT2D eigenvalue weighted by molar-refractivity contribution is 5.88. The van der Waals surface area contributed by atoms with Crippen LogP contribution in [0.2, 0.25) is 0 Å². The zero-order chi connectivity index (χ0) is 21.4. The number of aryl methyl sites for hydroxylation is 1. The summed E-state index contributed by atoms with van der Waals surface area (Å²) in [6, 6.07) is 17.4. The minimum absolute atomic E-state index is 0.0146. The smallest absolute Gasteiger partial charge is 0.243 e. The highest BCUT2D eigenvalue weighted by Crippen LogP contribution is 2.19. The fourth-order valence-corrected chi connectivity index (χ4v) is 3.34. The summed E-state index contributed by atoms with van der Waals surface area (Å²) >= 11 is 0. The van der Waals surface area contributed by atoms with Gasteiger partial charge in [-0.1, -0.05) is 61.5 Å². The quantitative estimate of drug-likeness (QED) is 0.708. The summed E-state index contributed by atoms with van der Waals surface area (Å²) in [5, 5.41) is 3.08. The van der Waals surface area contributed by atoms with Gasteiger partial charge in [0.15, 0.2) is 0 Å². The third kappa shape index (κ3) is 7.04. The lowest BCUT2D eigenvalue weighted by atomic mass is 9.99. The summed E-state index contributed by atoms with van der Waals surface area (Å²) < 4.78 is 0. The number of carbonyl (C=O) groups excluding carboxylic acids is 2. The summed E-state index contributed by atoms with van der Waals surface area (Å²) in [5.41, 5.74) is 2.87. The lowest BCUT2D eigenvalue weighted by Gasteiger charge is -2.34. The normalized spacial score (nSPS) is 12.3. The Balaban J connectivity index is 2.41. The van der Waals surface area contributed by atoms with Gasteiger partial charge in [-0.05, 0) is 50.8 Å². The molecule has 0 unspecified atom stereocenters. The van der Waals surface area contributed by atoms with Crippen molar-refractivity contribution in [2.24, 2.45) is 0 Å². The van der Waals surface area contributed by atoms with E-state index in [9.17, 15) is 9.59 Å². The first-order valence-electron chi connectivity index (χ1n) is 10.4. The van der Waals surface area contributed by atoms with E-state index >= 15 is 0 Å². The third-order valence-corrected chi connectivity index (χ3v) is 4.84. The predicted octanol–water partition coefficient (Wildman–Crippen LogP) is 4.65. The van der Waals surface area contributed by atoms with Crippen LogP contribution in [0.5, 0.6) is 0 Å². The number of rotatable bonds is 8. The fraction of sp³-hybridized carbons (Fsp3) is 0.440. The van der Waals surface area contributed by atoms with Crippen LogP contribution in [0.15, 0.2) is 54.6 Å². The first-order valence-corrected chi connectivity index (χ1v) is 10.4. The summed E-state index contributed by atoms with van der Waals surface area (Å²) in [5.74, 6) is -0.0971. The van der Waals surface area contributed by atoms with Gasteiger partial charge in [0, 0.05) is 24.9 Å². The molecule has 4 heteroatoms. The Hall–Kier alpha value is -2.62. The Morgan fingerprint density at radius 1 is 1.00 bits per heavy atom. The highest BCUT2D eigenvalue weighted by Gasteiger charge is 2.31. The van der Waals surface area contributed by atoms with Crippen LogP contribution < -0.4 is 5.32 Å². The molecule has 0 aliphatic carbocycles. The average Bonchev–Trinajstić information content (AvgIpc) is 2.65. The molecule has 0 aromatic heterocycles. The number of carbonyl (C=O) groups is 2. The van der Waals surface area contributed by atoms with Gasteiger partial charge in [-0.15, -0.1) is 0 Å². The fourth-order valence-electron chi connectivity index (χ4n) is 3.34. The molecule has 0 saturated heterocycles. The number of nitrogens with one attached hydrogen (secondary N) is 1. The van der Waals surface area contributed by atoms with Crippen molar-refractivity contribution in [2.75, 3.05) is 0 Å². The van der Waals surface area contributed by atoms with E-state index in [1.807, 2.05) is 89.2 Å². The second-order valence-electron chi connectivity index (χ2n) is 8.64. The molecular weight excluding hydrogens is 360 g/mol. The Bertz CT molecular complexity index is 809. The van der Waals surface area contributed by atoms with Gasteiger partial charge in [0.25, 0.3) is 0 Å². The largest absolute Gasteiger partial charge is 0.350 e. The number of benzene rings is 2. The molecule has 0 aliphatic rings. The SMILES string of the molecule is CCCC(=O)N(Cc1ccccc1C)[C@@H](Cc1ccccc1)C(=O)NC(C)(C)C. The van der Waals surface area contributed by atoms with Gasteiger partial charge in [0.05, 0.1) is 0 Å². The predicted molar refractivity (Wildman–Crippen MR) is 118 cm³/mol. The van der Waals surface area contributed by atoms with Gasteiger partial charge in [0.2, 0.25) is 11.8 Å². The molecule has 1 N–H and O–H groups in total. The molecule has 4 nitrogen and oxygen atoms in total. The molecule has 0 spiro atoms. The summed E-state index contributed by atoms with van der Waals surface area (Å²) in [6.45, 7) is 10.4. The maximum atomic E-state index is 13.3. The van der Waals surface area contributed by atoms with Crippen LogP contribution in [0.3, 0.4) is 0 Å². The van der Waals surface area contributed by atoms with Crippen LogP contribution in [0.1, 0.15) is 57.2 Å². The number of nitrogens with zero attached hydrogens (tertiary/aromatic N) is 1. The lowest BCUT2D eigenvalue weighted by molar-refractivity contribution is -0.142. The minimum atomic E-state index is -0.560. The van der Waals surface area contributed by atoms with Gasteiger partial charge in [-0.2, -0.15) is 0 Å². The van der Waals surface area contributed by atoms with Crippen molar-refractivity contribution in [1.29, 1.82) is 0 Å². The molecule has 29 heavy (non-hydrogen) atoms. The summed E-state index contributed by atoms with van der Waals surface area (Å²) in [7, 11) is 0. The van der Waals surface area contributed by atoms with Crippen molar-refractivity contribution in [3.8, 4) is 0 Å². The third-order valence-electron chi connectivity index (χ3n) is 4.84. The second-order valence-corrected chi connectivity index (χ2v) is 8.64. The van der Waals surface area contributed by atoms with Crippen LogP contribution in [-0.4, -0.2) is 28.3 Å². The Morgan fingerprint density at radius 2 is 1.62 bits per heavy atom. The van der Waals surface area contributed by atoms with Gasteiger partial charge in [0.1, 0.15) is 6.04 Å². The van der Waals surface area contributed by atoms with E-state index in [-0.39, 0.29) is 17.4 Å². The molecular formula is C25H34N2O2. The molecule has 2 amide bonds. The van der Waals surface area contributed by atoms with Gasteiger partial charge >= 0.3 is 0 Å². The van der Waals surface area contributed by atoms with E-state index < -0.39 is 6.04 Å². The van der Waals surface area contributed by atoms with E-state index in [1.54, 1.807) is 4.90 Å². The molecule has 0 saturated carbocycles. The molecule has 0 bridgehead atoms. The first kappa shape index (κ1) is 22.7. The summed E-state index contributed by atoms with van der Waals surface area (Å²) in [4.78, 5) is 28.2. The zero-order valence-corrected chi connectivity index (χ0v) is 18.4. The second kappa shape index (κ2) is 10.2. The van der Waals surface area contributed by atoms with Gasteiger partial charge < -0.3 is 10.2 Å². The lowest BCUT2D eigenvalue weighted by Crippen LogP contribution is -2.54. The van der Waals surface area contributed by atoms with Gasteiger partial charge in [-0.3, -0.25) is 9.59 Å². The van der Waals surface area contributed by atoms with E-state index in [1.165, 1.54) is 0 Å². The molecule has 0 fully saturated rings. The maximum absolute atomic E-state index is 13.3. The van der Waals surface area contributed by atoms with Crippen LogP contribution in [0.4, 0.5) is 0 Å². The zero-order valence-electron chi connectivity index (χ0n) is 18.4. The molecule has 2 rings (SSSR count). The number of hydrogen-bond acceptors (Lipinski definition) is 2. The average molecular weight is 395 g/mol. The maximum Gasteiger partial charge on any atom is 0.243 e.